The van der Waals surface area contributed by atoms with E-state index >= 15 is 0 Å². The van der Waals surface area contributed by atoms with Crippen LogP contribution in [-0.2, 0) is 6.42 Å². The number of methoxy groups -OCH3 is 1. The number of pyridine rings is 1. The highest BCUT2D eigenvalue weighted by atomic mass is 32.2. The number of ether oxygens (including phenoxy) is 1. The van der Waals surface area contributed by atoms with E-state index in [4.69, 9.17) is 4.74 Å². The summed E-state index contributed by atoms with van der Waals surface area (Å²) >= 11 is 0. The van der Waals surface area contributed by atoms with Crippen LogP contribution < -0.4 is 4.74 Å². The van der Waals surface area contributed by atoms with E-state index in [9.17, 15) is 8.78 Å². The third-order valence-corrected chi connectivity index (χ3v) is 5.75. The fourth-order valence-electron chi connectivity index (χ4n) is 2.65. The average molecular weight is 351 g/mol. The van der Waals surface area contributed by atoms with Crippen molar-refractivity contribution in [1.29, 1.82) is 0 Å². The van der Waals surface area contributed by atoms with Gasteiger partial charge in [0.2, 0.25) is 5.88 Å². The normalized spacial score (nSPS) is 18.7. The molecule has 1 atom stereocenters. The number of hydrogen-bond donors (Lipinski definition) is 1. The van der Waals surface area contributed by atoms with Gasteiger partial charge in [-0.3, -0.25) is 9.67 Å². The number of hydrogen-bond acceptors (Lipinski definition) is 3. The Hall–Kier alpha value is -2.15. The Morgan fingerprint density at radius 2 is 1.96 bits per heavy atom. The van der Waals surface area contributed by atoms with Gasteiger partial charge in [-0.05, 0) is 37.0 Å². The second-order valence-electron chi connectivity index (χ2n) is 5.73. The zero-order valence-electron chi connectivity index (χ0n) is 13.7. The highest BCUT2D eigenvalue weighted by Crippen LogP contribution is 2.54. The maximum Gasteiger partial charge on any atom is 0.237 e. The first-order valence-corrected chi connectivity index (χ1v) is 9.00. The van der Waals surface area contributed by atoms with Crippen LogP contribution in [0.15, 0.2) is 52.0 Å². The van der Waals surface area contributed by atoms with E-state index in [-0.39, 0.29) is 6.04 Å². The maximum absolute atomic E-state index is 14.3. The van der Waals surface area contributed by atoms with Crippen molar-refractivity contribution >= 4 is 10.9 Å². The van der Waals surface area contributed by atoms with E-state index in [1.165, 1.54) is 12.5 Å². The summed E-state index contributed by atoms with van der Waals surface area (Å²) in [5.41, 5.74) is 1.80. The summed E-state index contributed by atoms with van der Waals surface area (Å²) in [6.45, 7) is 3.92. The highest BCUT2D eigenvalue weighted by molar-refractivity contribution is 8.23. The molecule has 0 fully saturated rings. The van der Waals surface area contributed by atoms with Gasteiger partial charge in [0, 0.05) is 30.9 Å². The monoisotopic (exact) mass is 351 g/mol. The molecule has 4 nitrogen and oxygen atoms in total. The van der Waals surface area contributed by atoms with Gasteiger partial charge in [0.25, 0.3) is 0 Å². The van der Waals surface area contributed by atoms with E-state index in [2.05, 4.69) is 10.1 Å². The molecule has 7 heteroatoms. The minimum Gasteiger partial charge on any atom is -0.480 e. The van der Waals surface area contributed by atoms with Crippen molar-refractivity contribution in [3.63, 3.8) is 0 Å². The SMILES string of the molecule is COc1nn(C(C)C)c([SH]2C=C(F)C=C2F)c1Cc1ccncc1. The second kappa shape index (κ2) is 6.76. The van der Waals surface area contributed by atoms with Gasteiger partial charge in [-0.25, -0.2) is 8.78 Å². The van der Waals surface area contributed by atoms with E-state index in [0.29, 0.717) is 17.3 Å². The maximum atomic E-state index is 14.3. The van der Waals surface area contributed by atoms with Crippen LogP contribution in [0.2, 0.25) is 0 Å². The smallest absolute Gasteiger partial charge is 0.237 e. The van der Waals surface area contributed by atoms with Gasteiger partial charge in [-0.2, -0.15) is 0 Å². The summed E-state index contributed by atoms with van der Waals surface area (Å²) in [6.07, 6.45) is 4.88. The lowest BCUT2D eigenvalue weighted by atomic mass is 10.1. The molecule has 0 amide bonds. The Morgan fingerprint density at radius 3 is 2.50 bits per heavy atom. The van der Waals surface area contributed by atoms with Crippen LogP contribution in [0, 0.1) is 0 Å². The van der Waals surface area contributed by atoms with E-state index in [0.717, 1.165) is 17.2 Å². The molecule has 24 heavy (non-hydrogen) atoms. The fourth-order valence-corrected chi connectivity index (χ4v) is 4.64. The summed E-state index contributed by atoms with van der Waals surface area (Å²) < 4.78 is 35.0. The number of allylic oxidation sites excluding steroid dienone is 2. The Kier molecular flexibility index (Phi) is 4.71. The molecule has 0 N–H and O–H groups in total. The topological polar surface area (TPSA) is 39.9 Å². The van der Waals surface area contributed by atoms with E-state index in [1.807, 2.05) is 26.0 Å². The van der Waals surface area contributed by atoms with Crippen LogP contribution in [0.4, 0.5) is 8.78 Å². The standard InChI is InChI=1S/C17H19F2N3OS/c1-11(2)22-17(24-10-13(18)9-15(24)19)14(16(21-22)23-3)8-12-4-6-20-7-5-12/h4-7,9-11,24H,8H2,1-3H3. The third kappa shape index (κ3) is 3.08. The van der Waals surface area contributed by atoms with Crippen molar-refractivity contribution in [2.24, 2.45) is 0 Å². The lowest BCUT2D eigenvalue weighted by Gasteiger charge is -2.19. The average Bonchev–Trinajstić information content (AvgIpc) is 3.07. The van der Waals surface area contributed by atoms with Crippen LogP contribution in [0.3, 0.4) is 0 Å². The Bertz CT molecular complexity index is 800. The molecule has 0 spiro atoms. The minimum absolute atomic E-state index is 0.00690. The summed E-state index contributed by atoms with van der Waals surface area (Å²) in [4.78, 5) is 4.01. The highest BCUT2D eigenvalue weighted by Gasteiger charge is 2.29. The molecule has 3 heterocycles. The Labute approximate surface area is 142 Å². The molecule has 1 aliphatic heterocycles. The summed E-state index contributed by atoms with van der Waals surface area (Å²) in [5.74, 6) is -0.0875. The first-order valence-electron chi connectivity index (χ1n) is 7.59. The molecule has 0 saturated heterocycles. The zero-order valence-corrected chi connectivity index (χ0v) is 14.6. The summed E-state index contributed by atoms with van der Waals surface area (Å²) in [5, 5.41) is 6.06. The fraction of sp³-hybridized carbons (Fsp3) is 0.294. The molecule has 2 aromatic heterocycles. The third-order valence-electron chi connectivity index (χ3n) is 3.72. The lowest BCUT2D eigenvalue weighted by molar-refractivity contribution is 0.378. The van der Waals surface area contributed by atoms with Crippen LogP contribution >= 0.6 is 10.9 Å². The molecule has 1 unspecified atom stereocenters. The zero-order chi connectivity index (χ0) is 17.3. The number of rotatable bonds is 5. The van der Waals surface area contributed by atoms with Gasteiger partial charge >= 0.3 is 0 Å². The quantitative estimate of drug-likeness (QED) is 0.809. The van der Waals surface area contributed by atoms with E-state index in [1.54, 1.807) is 17.1 Å². The minimum atomic E-state index is -1.53. The molecule has 3 rings (SSSR count). The molecule has 0 aromatic carbocycles. The van der Waals surface area contributed by atoms with Crippen molar-refractivity contribution in [1.82, 2.24) is 14.8 Å². The molecule has 2 aromatic rings. The van der Waals surface area contributed by atoms with Crippen LogP contribution in [-0.4, -0.2) is 21.9 Å². The number of halogens is 2. The lowest BCUT2D eigenvalue weighted by Crippen LogP contribution is -2.06. The first-order chi connectivity index (χ1) is 11.5. The first kappa shape index (κ1) is 16.7. The van der Waals surface area contributed by atoms with Crippen LogP contribution in [0.25, 0.3) is 0 Å². The van der Waals surface area contributed by atoms with Crippen molar-refractivity contribution in [3.8, 4) is 5.88 Å². The Morgan fingerprint density at radius 1 is 1.25 bits per heavy atom. The van der Waals surface area contributed by atoms with Crippen LogP contribution in [0.1, 0.15) is 31.0 Å². The molecule has 128 valence electrons. The number of thiol groups is 1. The molecule has 1 aliphatic rings. The van der Waals surface area contributed by atoms with Gasteiger partial charge in [-0.15, -0.1) is 16.0 Å². The van der Waals surface area contributed by atoms with Crippen molar-refractivity contribution < 1.29 is 13.5 Å². The van der Waals surface area contributed by atoms with Gasteiger partial charge in [0.05, 0.1) is 17.7 Å². The summed E-state index contributed by atoms with van der Waals surface area (Å²) in [6, 6.07) is 3.79. The van der Waals surface area contributed by atoms with Gasteiger partial charge in [-0.1, -0.05) is 0 Å². The Balaban J connectivity index is 2.14. The summed E-state index contributed by atoms with van der Waals surface area (Å²) in [7, 11) is 0.00538. The predicted molar refractivity (Wildman–Crippen MR) is 91.8 cm³/mol. The largest absolute Gasteiger partial charge is 0.480 e. The van der Waals surface area contributed by atoms with Gasteiger partial charge < -0.3 is 4.74 Å². The molecule has 0 bridgehead atoms. The van der Waals surface area contributed by atoms with Crippen molar-refractivity contribution in [2.45, 2.75) is 31.3 Å². The molecule has 0 aliphatic carbocycles. The second-order valence-corrected chi connectivity index (χ2v) is 7.58. The molecular weight excluding hydrogens is 332 g/mol. The molecular formula is C17H19F2N3OS. The van der Waals surface area contributed by atoms with E-state index < -0.39 is 21.9 Å². The van der Waals surface area contributed by atoms with Gasteiger partial charge in [0.15, 0.2) is 0 Å². The van der Waals surface area contributed by atoms with Crippen LogP contribution in [0.5, 0.6) is 5.88 Å². The van der Waals surface area contributed by atoms with Gasteiger partial charge in [0.1, 0.15) is 11.0 Å². The number of nitrogens with zero attached hydrogens (tertiary/aromatic N) is 3. The predicted octanol–water partition coefficient (Wildman–Crippen LogP) is 4.45. The number of aromatic nitrogens is 3. The molecule has 0 radical (unpaired) electrons. The molecule has 0 saturated carbocycles. The van der Waals surface area contributed by atoms with Crippen molar-refractivity contribution in [2.75, 3.05) is 7.11 Å². The van der Waals surface area contributed by atoms with Crippen molar-refractivity contribution in [3.05, 3.63) is 58.1 Å².